The molecular formula is C30H48N4O5. The van der Waals surface area contributed by atoms with Gasteiger partial charge in [-0.05, 0) is 64.0 Å². The minimum absolute atomic E-state index is 0.0463. The van der Waals surface area contributed by atoms with E-state index in [4.69, 9.17) is 10.7 Å². The number of carboxylic acids is 1. The Kier molecular flexibility index (Phi) is 12.7. The zero-order chi connectivity index (χ0) is 30.0. The molecule has 1 rings (SSSR count). The summed E-state index contributed by atoms with van der Waals surface area (Å²) in [5, 5.41) is 23.0. The number of nitrogens with one attached hydrogen (secondary N) is 1. The molecule has 1 saturated heterocycles. The molecule has 1 heterocycles. The van der Waals surface area contributed by atoms with Gasteiger partial charge in [-0.1, -0.05) is 39.3 Å². The number of nitrogens with zero attached hydrogens (tertiary/aromatic N) is 2. The highest BCUT2D eigenvalue weighted by atomic mass is 16.4. The summed E-state index contributed by atoms with van der Waals surface area (Å²) in [6.45, 7) is 15.8. The minimum Gasteiger partial charge on any atom is -0.507 e. The molecule has 1 aliphatic heterocycles. The summed E-state index contributed by atoms with van der Waals surface area (Å²) in [6.07, 6.45) is 8.85. The van der Waals surface area contributed by atoms with Gasteiger partial charge in [0.15, 0.2) is 0 Å². The number of allylic oxidation sites excluding steroid dienone is 5. The second-order valence-corrected chi connectivity index (χ2v) is 11.9. The second-order valence-electron chi connectivity index (χ2n) is 11.9. The van der Waals surface area contributed by atoms with Crippen molar-refractivity contribution in [1.82, 2.24) is 10.2 Å². The van der Waals surface area contributed by atoms with E-state index in [1.165, 1.54) is 26.1 Å². The number of piperidine rings is 1. The monoisotopic (exact) mass is 544 g/mol. The fourth-order valence-corrected chi connectivity index (χ4v) is 3.95. The third-order valence-electron chi connectivity index (χ3n) is 6.75. The van der Waals surface area contributed by atoms with Crippen LogP contribution in [0.1, 0.15) is 81.1 Å². The Morgan fingerprint density at radius 3 is 2.13 bits per heavy atom. The molecule has 39 heavy (non-hydrogen) atoms. The first-order chi connectivity index (χ1) is 18.1. The Balaban J connectivity index is 3.01. The predicted molar refractivity (Wildman–Crippen MR) is 156 cm³/mol. The molecular weight excluding hydrogens is 496 g/mol. The maximum absolute atomic E-state index is 13.0. The van der Waals surface area contributed by atoms with E-state index < -0.39 is 17.3 Å². The van der Waals surface area contributed by atoms with E-state index in [-0.39, 0.29) is 35.2 Å². The van der Waals surface area contributed by atoms with Crippen molar-refractivity contribution in [2.45, 2.75) is 87.1 Å². The number of carbonyl (C=O) groups excluding carboxylic acids is 2. The highest BCUT2D eigenvalue weighted by Gasteiger charge is 2.29. The van der Waals surface area contributed by atoms with Crippen molar-refractivity contribution in [3.63, 3.8) is 0 Å². The van der Waals surface area contributed by atoms with Gasteiger partial charge in [-0.3, -0.25) is 19.4 Å². The van der Waals surface area contributed by atoms with Crippen LogP contribution in [0.5, 0.6) is 0 Å². The SMILES string of the molecule is C\C=C(/C=C(O)\C(C(=O)NCC(C)(C)C(=O)O)=C(/C)CC)C(C=NC1CCN(C(=O)CC(C)(C)C)CC1)=CN. The lowest BCUT2D eigenvalue weighted by Gasteiger charge is -2.32. The molecule has 1 aliphatic rings. The zero-order valence-corrected chi connectivity index (χ0v) is 24.9. The minimum atomic E-state index is -1.16. The first kappa shape index (κ1) is 33.7. The van der Waals surface area contributed by atoms with Gasteiger partial charge in [0.2, 0.25) is 5.91 Å². The summed E-state index contributed by atoms with van der Waals surface area (Å²) in [4.78, 5) is 43.5. The molecule has 9 nitrogen and oxygen atoms in total. The summed E-state index contributed by atoms with van der Waals surface area (Å²) in [6, 6.07) is 0.0514. The maximum atomic E-state index is 13.0. The number of aliphatic hydroxyl groups excluding tert-OH is 1. The molecule has 9 heteroatoms. The summed E-state index contributed by atoms with van der Waals surface area (Å²) >= 11 is 0. The first-order valence-electron chi connectivity index (χ1n) is 13.6. The average molecular weight is 545 g/mol. The molecule has 0 aromatic rings. The number of hydrogen-bond donors (Lipinski definition) is 4. The highest BCUT2D eigenvalue weighted by molar-refractivity contribution is 5.98. The molecule has 1 fully saturated rings. The summed E-state index contributed by atoms with van der Waals surface area (Å²) in [5.41, 5.74) is 6.61. The van der Waals surface area contributed by atoms with Gasteiger partial charge in [-0.15, -0.1) is 0 Å². The van der Waals surface area contributed by atoms with Gasteiger partial charge < -0.3 is 26.2 Å². The average Bonchev–Trinajstić information content (AvgIpc) is 2.86. The van der Waals surface area contributed by atoms with Gasteiger partial charge in [-0.25, -0.2) is 0 Å². The quantitative estimate of drug-likeness (QED) is 0.129. The van der Waals surface area contributed by atoms with Crippen molar-refractivity contribution in [2.75, 3.05) is 19.6 Å². The molecule has 0 radical (unpaired) electrons. The van der Waals surface area contributed by atoms with Crippen LogP contribution >= 0.6 is 0 Å². The van der Waals surface area contributed by atoms with E-state index in [1.807, 2.05) is 11.8 Å². The molecule has 218 valence electrons. The second kappa shape index (κ2) is 14.7. The van der Waals surface area contributed by atoms with Gasteiger partial charge >= 0.3 is 5.97 Å². The van der Waals surface area contributed by atoms with Gasteiger partial charge in [0.25, 0.3) is 5.91 Å². The van der Waals surface area contributed by atoms with E-state index in [0.717, 1.165) is 12.8 Å². The number of aliphatic hydroxyl groups is 1. The van der Waals surface area contributed by atoms with E-state index in [9.17, 15) is 24.6 Å². The lowest BCUT2D eigenvalue weighted by Crippen LogP contribution is -2.41. The smallest absolute Gasteiger partial charge is 0.310 e. The predicted octanol–water partition coefficient (Wildman–Crippen LogP) is 4.67. The van der Waals surface area contributed by atoms with Crippen molar-refractivity contribution >= 4 is 24.0 Å². The van der Waals surface area contributed by atoms with Gasteiger partial charge in [0.1, 0.15) is 5.76 Å². The Bertz CT molecular complexity index is 1050. The number of aliphatic carboxylic acids is 1. The molecule has 5 N–H and O–H groups in total. The number of rotatable bonds is 11. The van der Waals surface area contributed by atoms with Crippen molar-refractivity contribution in [1.29, 1.82) is 0 Å². The molecule has 0 aromatic carbocycles. The highest BCUT2D eigenvalue weighted by Crippen LogP contribution is 2.24. The summed E-state index contributed by atoms with van der Waals surface area (Å²) in [7, 11) is 0. The zero-order valence-electron chi connectivity index (χ0n) is 24.9. The molecule has 0 atom stereocenters. The van der Waals surface area contributed by atoms with E-state index in [0.29, 0.717) is 42.7 Å². The van der Waals surface area contributed by atoms with Crippen molar-refractivity contribution in [3.05, 3.63) is 46.4 Å². The number of carbonyl (C=O) groups is 3. The van der Waals surface area contributed by atoms with E-state index in [2.05, 4.69) is 26.1 Å². The number of nitrogens with two attached hydrogens (primary N) is 1. The van der Waals surface area contributed by atoms with Crippen LogP contribution < -0.4 is 11.1 Å². The Morgan fingerprint density at radius 1 is 1.08 bits per heavy atom. The normalized spacial score (nSPS) is 17.3. The van der Waals surface area contributed by atoms with Crippen molar-refractivity contribution in [3.8, 4) is 0 Å². The molecule has 0 aliphatic carbocycles. The Morgan fingerprint density at radius 2 is 1.67 bits per heavy atom. The van der Waals surface area contributed by atoms with Crippen molar-refractivity contribution < 1.29 is 24.6 Å². The van der Waals surface area contributed by atoms with Crippen LogP contribution in [0, 0.1) is 10.8 Å². The van der Waals surface area contributed by atoms with Crippen LogP contribution in [0.15, 0.2) is 51.4 Å². The summed E-state index contributed by atoms with van der Waals surface area (Å²) in [5.74, 6) is -1.65. The number of likely N-dealkylation sites (tertiary alicyclic amines) is 1. The number of carboxylic acid groups (broad SMARTS) is 1. The first-order valence-corrected chi connectivity index (χ1v) is 13.6. The lowest BCUT2D eigenvalue weighted by atomic mass is 9.91. The maximum Gasteiger partial charge on any atom is 0.310 e. The lowest BCUT2D eigenvalue weighted by molar-refractivity contribution is -0.146. The van der Waals surface area contributed by atoms with Crippen LogP contribution in [0.25, 0.3) is 0 Å². The Labute approximate surface area is 233 Å². The van der Waals surface area contributed by atoms with Crippen LogP contribution in [0.3, 0.4) is 0 Å². The Hall–Kier alpha value is -3.36. The van der Waals surface area contributed by atoms with E-state index >= 15 is 0 Å². The molecule has 0 spiro atoms. The third-order valence-corrected chi connectivity index (χ3v) is 6.75. The number of aliphatic imine (C=N–C) groups is 1. The van der Waals surface area contributed by atoms with Crippen LogP contribution in [-0.2, 0) is 14.4 Å². The molecule has 2 amide bonds. The largest absolute Gasteiger partial charge is 0.507 e. The molecule has 0 unspecified atom stereocenters. The third kappa shape index (κ3) is 10.7. The number of amides is 2. The van der Waals surface area contributed by atoms with Gasteiger partial charge in [0.05, 0.1) is 17.0 Å². The number of hydrogen-bond acceptors (Lipinski definition) is 6. The van der Waals surface area contributed by atoms with Crippen LogP contribution in [0.4, 0.5) is 0 Å². The van der Waals surface area contributed by atoms with Gasteiger partial charge in [-0.2, -0.15) is 0 Å². The fourth-order valence-electron chi connectivity index (χ4n) is 3.95. The standard InChI is InChI=1S/C30H48N4O5/c1-9-20(3)26(27(37)33-19-30(7,8)28(38)39)24(35)15-21(10-2)22(17-31)18-32-23-11-13-34(14-12-23)25(36)16-29(4,5)6/h10,15,17-18,23,35H,9,11-14,16,19,31H2,1-8H3,(H,33,37)(H,38,39)/b21-10+,22-17?,24-15+,26-20-,32-18?. The summed E-state index contributed by atoms with van der Waals surface area (Å²) < 4.78 is 0. The fraction of sp³-hybridized carbons (Fsp3) is 0.600. The van der Waals surface area contributed by atoms with Gasteiger partial charge in [0, 0.05) is 44.0 Å². The topological polar surface area (TPSA) is 145 Å². The molecule has 0 aromatic heterocycles. The van der Waals surface area contributed by atoms with E-state index in [1.54, 1.807) is 26.1 Å². The van der Waals surface area contributed by atoms with Crippen molar-refractivity contribution in [2.24, 2.45) is 21.6 Å². The van der Waals surface area contributed by atoms with Crippen LogP contribution in [0.2, 0.25) is 0 Å². The molecule has 0 bridgehead atoms. The van der Waals surface area contributed by atoms with Crippen LogP contribution in [-0.4, -0.2) is 64.8 Å². The molecule has 0 saturated carbocycles.